The van der Waals surface area contributed by atoms with Crippen molar-refractivity contribution < 1.29 is 19.1 Å². The minimum atomic E-state index is -0.0167. The second kappa shape index (κ2) is 6.48. The number of carbonyl (C=O) groups excluding carboxylic acids is 2. The monoisotopic (exact) mass is 262 g/mol. The average molecular weight is 262 g/mol. The van der Waals surface area contributed by atoms with Gasteiger partial charge in [0.1, 0.15) is 18.1 Å². The number of carbonyl (C=O) groups is 2. The van der Waals surface area contributed by atoms with E-state index in [4.69, 9.17) is 9.47 Å². The van der Waals surface area contributed by atoms with Crippen molar-refractivity contribution in [1.29, 1.82) is 0 Å². The maximum Gasteiger partial charge on any atom is 0.175 e. The Hall–Kier alpha value is -1.68. The van der Waals surface area contributed by atoms with E-state index in [0.717, 1.165) is 12.0 Å². The van der Waals surface area contributed by atoms with E-state index in [0.29, 0.717) is 25.4 Å². The molecule has 1 aliphatic heterocycles. The van der Waals surface area contributed by atoms with Crippen LogP contribution in [0.25, 0.3) is 0 Å². The fraction of sp³-hybridized carbons (Fsp3) is 0.467. The van der Waals surface area contributed by atoms with Gasteiger partial charge in [-0.15, -0.1) is 0 Å². The topological polar surface area (TPSA) is 52.6 Å². The Kier molecular flexibility index (Phi) is 4.68. The molecule has 0 radical (unpaired) electrons. The summed E-state index contributed by atoms with van der Waals surface area (Å²) >= 11 is 0. The lowest BCUT2D eigenvalue weighted by Crippen LogP contribution is -2.21. The van der Waals surface area contributed by atoms with Crippen molar-refractivity contribution in [3.63, 3.8) is 0 Å². The van der Waals surface area contributed by atoms with Crippen LogP contribution in [0.15, 0.2) is 24.3 Å². The van der Waals surface area contributed by atoms with Gasteiger partial charge >= 0.3 is 0 Å². The first-order chi connectivity index (χ1) is 9.15. The predicted molar refractivity (Wildman–Crippen MR) is 70.3 cm³/mol. The Morgan fingerprint density at radius 3 is 2.63 bits per heavy atom. The van der Waals surface area contributed by atoms with Crippen molar-refractivity contribution >= 4 is 11.6 Å². The van der Waals surface area contributed by atoms with Crippen LogP contribution in [-0.2, 0) is 20.7 Å². The number of hydrogen-bond donors (Lipinski definition) is 0. The van der Waals surface area contributed by atoms with Crippen molar-refractivity contribution in [3.05, 3.63) is 29.8 Å². The molecule has 1 aromatic carbocycles. The van der Waals surface area contributed by atoms with Crippen LogP contribution < -0.4 is 4.74 Å². The molecule has 1 aromatic rings. The first kappa shape index (κ1) is 13.7. The fourth-order valence-electron chi connectivity index (χ4n) is 2.05. The van der Waals surface area contributed by atoms with Gasteiger partial charge in [0.15, 0.2) is 5.78 Å². The summed E-state index contributed by atoms with van der Waals surface area (Å²) in [6, 6.07) is 7.27. The lowest BCUT2D eigenvalue weighted by Gasteiger charge is -2.09. The van der Waals surface area contributed by atoms with Crippen LogP contribution in [0.1, 0.15) is 18.9 Å². The molecule has 2 rings (SSSR count). The quantitative estimate of drug-likeness (QED) is 0.784. The summed E-state index contributed by atoms with van der Waals surface area (Å²) in [6.07, 6.45) is 1.22. The maximum atomic E-state index is 11.8. The minimum Gasteiger partial charge on any atom is -0.486 e. The van der Waals surface area contributed by atoms with Crippen molar-refractivity contribution in [2.24, 2.45) is 5.92 Å². The minimum absolute atomic E-state index is 0.0167. The summed E-state index contributed by atoms with van der Waals surface area (Å²) in [5, 5.41) is 0. The van der Waals surface area contributed by atoms with Crippen LogP contribution in [0.4, 0.5) is 0 Å². The highest BCUT2D eigenvalue weighted by Crippen LogP contribution is 2.16. The molecule has 1 unspecified atom stereocenters. The molecule has 4 heteroatoms. The van der Waals surface area contributed by atoms with Gasteiger partial charge in [-0.25, -0.2) is 0 Å². The highest BCUT2D eigenvalue weighted by molar-refractivity contribution is 5.82. The number of ether oxygens (including phenoxy) is 2. The third-order valence-corrected chi connectivity index (χ3v) is 3.14. The number of hydrogen-bond acceptors (Lipinski definition) is 4. The molecule has 0 aliphatic carbocycles. The van der Waals surface area contributed by atoms with E-state index in [1.165, 1.54) is 0 Å². The van der Waals surface area contributed by atoms with E-state index in [-0.39, 0.29) is 24.1 Å². The van der Waals surface area contributed by atoms with Gasteiger partial charge in [-0.1, -0.05) is 12.1 Å². The van der Waals surface area contributed by atoms with E-state index in [2.05, 4.69) is 0 Å². The molecule has 1 atom stereocenters. The van der Waals surface area contributed by atoms with Crippen LogP contribution in [0.3, 0.4) is 0 Å². The molecule has 1 saturated heterocycles. The predicted octanol–water partition coefficient (Wildman–Crippen LogP) is 1.80. The van der Waals surface area contributed by atoms with Crippen molar-refractivity contribution in [3.8, 4) is 5.75 Å². The molecule has 0 aromatic heterocycles. The zero-order valence-corrected chi connectivity index (χ0v) is 11.1. The average Bonchev–Trinajstić information content (AvgIpc) is 2.91. The molecule has 0 spiro atoms. The molecule has 1 fully saturated rings. The van der Waals surface area contributed by atoms with E-state index in [9.17, 15) is 9.59 Å². The van der Waals surface area contributed by atoms with Gasteiger partial charge in [0.2, 0.25) is 0 Å². The van der Waals surface area contributed by atoms with Crippen molar-refractivity contribution in [1.82, 2.24) is 0 Å². The Labute approximate surface area is 112 Å². The van der Waals surface area contributed by atoms with E-state index in [1.807, 2.05) is 12.1 Å². The number of ketones is 2. The van der Waals surface area contributed by atoms with Crippen LogP contribution in [0, 0.1) is 5.92 Å². The summed E-state index contributed by atoms with van der Waals surface area (Å²) in [7, 11) is 0. The Bertz CT molecular complexity index is 444. The van der Waals surface area contributed by atoms with Gasteiger partial charge in [-0.2, -0.15) is 0 Å². The number of rotatable bonds is 6. The Balaban J connectivity index is 1.82. The molecule has 0 saturated carbocycles. The zero-order chi connectivity index (χ0) is 13.7. The lowest BCUT2D eigenvalue weighted by atomic mass is 10.0. The van der Waals surface area contributed by atoms with Gasteiger partial charge in [-0.3, -0.25) is 9.59 Å². The molecular formula is C15H18O4. The highest BCUT2D eigenvalue weighted by atomic mass is 16.5. The molecule has 19 heavy (non-hydrogen) atoms. The standard InChI is InChI=1S/C15H18O4/c1-11(16)8-12-2-4-14(5-3-12)19-10-15(17)13-6-7-18-9-13/h2-5,13H,6-10H2,1H3. The first-order valence-electron chi connectivity index (χ1n) is 6.47. The van der Waals surface area contributed by atoms with Gasteiger partial charge in [0, 0.05) is 18.9 Å². The Morgan fingerprint density at radius 1 is 1.32 bits per heavy atom. The van der Waals surface area contributed by atoms with E-state index >= 15 is 0 Å². The van der Waals surface area contributed by atoms with E-state index < -0.39 is 0 Å². The second-order valence-corrected chi connectivity index (χ2v) is 4.84. The van der Waals surface area contributed by atoms with Gasteiger partial charge in [-0.05, 0) is 31.0 Å². The van der Waals surface area contributed by atoms with Crippen LogP contribution in [0.2, 0.25) is 0 Å². The first-order valence-corrected chi connectivity index (χ1v) is 6.47. The molecule has 1 heterocycles. The molecule has 1 aliphatic rings. The highest BCUT2D eigenvalue weighted by Gasteiger charge is 2.23. The maximum absolute atomic E-state index is 11.8. The lowest BCUT2D eigenvalue weighted by molar-refractivity contribution is -0.124. The van der Waals surface area contributed by atoms with Crippen molar-refractivity contribution in [2.75, 3.05) is 19.8 Å². The van der Waals surface area contributed by atoms with Crippen molar-refractivity contribution in [2.45, 2.75) is 19.8 Å². The Morgan fingerprint density at radius 2 is 2.05 bits per heavy atom. The van der Waals surface area contributed by atoms with Gasteiger partial charge in [0.25, 0.3) is 0 Å². The number of Topliss-reactive ketones (excluding diaryl/α,β-unsaturated/α-hetero) is 2. The number of benzene rings is 1. The normalized spacial score (nSPS) is 18.3. The molecule has 0 amide bonds. The summed E-state index contributed by atoms with van der Waals surface area (Å²) in [5.74, 6) is 0.854. The van der Waals surface area contributed by atoms with Gasteiger partial charge in [0.05, 0.1) is 6.61 Å². The summed E-state index contributed by atoms with van der Waals surface area (Å²) in [4.78, 5) is 22.8. The zero-order valence-electron chi connectivity index (χ0n) is 11.1. The van der Waals surface area contributed by atoms with E-state index in [1.54, 1.807) is 19.1 Å². The molecule has 4 nitrogen and oxygen atoms in total. The fourth-order valence-corrected chi connectivity index (χ4v) is 2.05. The second-order valence-electron chi connectivity index (χ2n) is 4.84. The summed E-state index contributed by atoms with van der Waals surface area (Å²) < 4.78 is 10.6. The largest absolute Gasteiger partial charge is 0.486 e. The summed E-state index contributed by atoms with van der Waals surface area (Å²) in [5.41, 5.74) is 0.954. The smallest absolute Gasteiger partial charge is 0.175 e. The third kappa shape index (κ3) is 4.17. The SMILES string of the molecule is CC(=O)Cc1ccc(OCC(=O)C2CCOC2)cc1. The summed E-state index contributed by atoms with van der Waals surface area (Å²) in [6.45, 7) is 2.82. The molecular weight excluding hydrogens is 244 g/mol. The van der Waals surface area contributed by atoms with Crippen LogP contribution >= 0.6 is 0 Å². The van der Waals surface area contributed by atoms with Crippen LogP contribution in [0.5, 0.6) is 5.75 Å². The molecule has 0 bridgehead atoms. The molecule has 102 valence electrons. The third-order valence-electron chi connectivity index (χ3n) is 3.14. The molecule has 0 N–H and O–H groups in total. The van der Waals surface area contributed by atoms with Gasteiger partial charge < -0.3 is 9.47 Å². The van der Waals surface area contributed by atoms with Crippen LogP contribution in [-0.4, -0.2) is 31.4 Å².